The van der Waals surface area contributed by atoms with Crippen molar-refractivity contribution in [3.8, 4) is 0 Å². The van der Waals surface area contributed by atoms with Crippen molar-refractivity contribution in [3.05, 3.63) is 78.0 Å². The van der Waals surface area contributed by atoms with Gasteiger partial charge in [-0.15, -0.1) is 0 Å². The van der Waals surface area contributed by atoms with E-state index < -0.39 is 0 Å². The minimum atomic E-state index is 0.150. The van der Waals surface area contributed by atoms with Crippen molar-refractivity contribution in [2.45, 2.75) is 25.4 Å². The third-order valence-corrected chi connectivity index (χ3v) is 6.22. The van der Waals surface area contributed by atoms with Crippen LogP contribution in [0.25, 0.3) is 10.9 Å². The predicted molar refractivity (Wildman–Crippen MR) is 111 cm³/mol. The van der Waals surface area contributed by atoms with Crippen LogP contribution >= 0.6 is 0 Å². The molecule has 2 aromatic carbocycles. The Hall–Kier alpha value is -2.72. The van der Waals surface area contributed by atoms with E-state index in [2.05, 4.69) is 45.1 Å². The molecule has 0 unspecified atom stereocenters. The molecule has 142 valence electrons. The number of pyridine rings is 1. The van der Waals surface area contributed by atoms with Crippen LogP contribution in [-0.2, 0) is 6.54 Å². The molecule has 6 rings (SSSR count). The van der Waals surface area contributed by atoms with Crippen LogP contribution in [0.4, 0.5) is 0 Å². The van der Waals surface area contributed by atoms with Gasteiger partial charge in [0.2, 0.25) is 0 Å². The average molecular weight is 371 g/mol. The molecule has 3 saturated heterocycles. The fraction of sp³-hybridized carbons (Fsp3) is 0.333. The lowest BCUT2D eigenvalue weighted by molar-refractivity contribution is 0.0738. The van der Waals surface area contributed by atoms with Gasteiger partial charge in [0.25, 0.3) is 5.91 Å². The van der Waals surface area contributed by atoms with Crippen LogP contribution in [0.2, 0.25) is 0 Å². The summed E-state index contributed by atoms with van der Waals surface area (Å²) in [6.07, 6.45) is 4.15. The van der Waals surface area contributed by atoms with Crippen molar-refractivity contribution in [1.29, 1.82) is 0 Å². The predicted octanol–water partition coefficient (Wildman–Crippen LogP) is 3.97. The van der Waals surface area contributed by atoms with E-state index in [0.29, 0.717) is 12.0 Å². The first-order valence-electron chi connectivity index (χ1n) is 10.2. The summed E-state index contributed by atoms with van der Waals surface area (Å²) in [5.41, 5.74) is 3.02. The minimum absolute atomic E-state index is 0.150. The molecule has 4 heterocycles. The average Bonchev–Trinajstić information content (AvgIpc) is 3.05. The number of hydrogen-bond donors (Lipinski definition) is 0. The second-order valence-corrected chi connectivity index (χ2v) is 8.10. The summed E-state index contributed by atoms with van der Waals surface area (Å²) in [6, 6.07) is 20.9. The van der Waals surface area contributed by atoms with Crippen LogP contribution in [-0.4, -0.2) is 46.4 Å². The lowest BCUT2D eigenvalue weighted by atomic mass is 9.94. The van der Waals surface area contributed by atoms with Gasteiger partial charge < -0.3 is 4.90 Å². The van der Waals surface area contributed by atoms with Gasteiger partial charge >= 0.3 is 0 Å². The highest BCUT2D eigenvalue weighted by Crippen LogP contribution is 2.30. The highest BCUT2D eigenvalue weighted by Gasteiger charge is 2.36. The fourth-order valence-corrected chi connectivity index (χ4v) is 4.81. The maximum absolute atomic E-state index is 13.4. The first-order chi connectivity index (χ1) is 13.8. The molecule has 3 aliphatic rings. The number of amides is 1. The first kappa shape index (κ1) is 17.4. The van der Waals surface area contributed by atoms with Crippen LogP contribution in [0.3, 0.4) is 0 Å². The Morgan fingerprint density at radius 3 is 2.64 bits per heavy atom. The fourth-order valence-electron chi connectivity index (χ4n) is 4.81. The van der Waals surface area contributed by atoms with Gasteiger partial charge in [-0.1, -0.05) is 48.5 Å². The van der Waals surface area contributed by atoms with E-state index in [1.807, 2.05) is 30.3 Å². The molecule has 0 spiro atoms. The highest BCUT2D eigenvalue weighted by molar-refractivity contribution is 6.06. The molecule has 3 fully saturated rings. The molecule has 1 amide bonds. The van der Waals surface area contributed by atoms with Crippen LogP contribution < -0.4 is 0 Å². The molecule has 2 bridgehead atoms. The van der Waals surface area contributed by atoms with Gasteiger partial charge in [0.05, 0.1) is 11.1 Å². The largest absolute Gasteiger partial charge is 0.337 e. The van der Waals surface area contributed by atoms with Gasteiger partial charge in [-0.3, -0.25) is 14.7 Å². The van der Waals surface area contributed by atoms with Crippen molar-refractivity contribution < 1.29 is 4.79 Å². The number of benzene rings is 2. The van der Waals surface area contributed by atoms with Crippen LogP contribution in [0.15, 0.2) is 66.9 Å². The molecule has 3 aromatic rings. The topological polar surface area (TPSA) is 36.4 Å². The van der Waals surface area contributed by atoms with E-state index >= 15 is 0 Å². The van der Waals surface area contributed by atoms with E-state index in [1.54, 1.807) is 6.20 Å². The van der Waals surface area contributed by atoms with Gasteiger partial charge in [-0.2, -0.15) is 0 Å². The summed E-state index contributed by atoms with van der Waals surface area (Å²) in [5, 5.41) is 0.952. The normalized spacial score (nSPS) is 22.4. The van der Waals surface area contributed by atoms with Crippen molar-refractivity contribution in [2.24, 2.45) is 5.92 Å². The van der Waals surface area contributed by atoms with Crippen molar-refractivity contribution in [2.75, 3.05) is 19.6 Å². The molecular weight excluding hydrogens is 346 g/mol. The Morgan fingerprint density at radius 1 is 0.929 bits per heavy atom. The maximum atomic E-state index is 13.4. The zero-order valence-electron chi connectivity index (χ0n) is 16.0. The van der Waals surface area contributed by atoms with Gasteiger partial charge in [0.1, 0.15) is 0 Å². The van der Waals surface area contributed by atoms with Gasteiger partial charge in [0, 0.05) is 43.8 Å². The number of fused-ring (bicyclic) bond motifs is 5. The summed E-state index contributed by atoms with van der Waals surface area (Å²) >= 11 is 0. The molecule has 1 aromatic heterocycles. The highest BCUT2D eigenvalue weighted by atomic mass is 16.2. The number of nitrogens with zero attached hydrogens (tertiary/aromatic N) is 3. The third kappa shape index (κ3) is 3.29. The van der Waals surface area contributed by atoms with Crippen LogP contribution in [0, 0.1) is 5.92 Å². The zero-order valence-corrected chi connectivity index (χ0v) is 16.0. The summed E-state index contributed by atoms with van der Waals surface area (Å²) in [5.74, 6) is 0.705. The Morgan fingerprint density at radius 2 is 1.75 bits per heavy atom. The molecule has 4 nitrogen and oxygen atoms in total. The van der Waals surface area contributed by atoms with E-state index in [1.165, 1.54) is 18.4 Å². The number of rotatable bonds is 3. The molecule has 3 aliphatic heterocycles. The number of piperidine rings is 1. The second-order valence-electron chi connectivity index (χ2n) is 8.10. The Labute approximate surface area is 165 Å². The molecular formula is C24H25N3O. The molecule has 0 N–H and O–H groups in total. The molecule has 4 heteroatoms. The van der Waals surface area contributed by atoms with Gasteiger partial charge in [0.15, 0.2) is 0 Å². The Bertz CT molecular complexity index is 982. The summed E-state index contributed by atoms with van der Waals surface area (Å²) in [4.78, 5) is 22.5. The number of carbonyl (C=O) groups is 1. The maximum Gasteiger partial charge on any atom is 0.254 e. The van der Waals surface area contributed by atoms with Crippen LogP contribution in [0.5, 0.6) is 0 Å². The number of aromatic nitrogens is 1. The third-order valence-electron chi connectivity index (χ3n) is 6.22. The summed E-state index contributed by atoms with van der Waals surface area (Å²) < 4.78 is 0. The number of carbonyl (C=O) groups excluding carboxylic acids is 1. The monoisotopic (exact) mass is 371 g/mol. The Balaban J connectivity index is 1.39. The molecule has 28 heavy (non-hydrogen) atoms. The van der Waals surface area contributed by atoms with E-state index in [-0.39, 0.29) is 5.91 Å². The standard InChI is InChI=1S/C24H25N3O/c28-24(22-12-13-25-23-9-5-4-8-21(22)23)27-16-19-10-11-20(17-27)26(15-19)14-18-6-2-1-3-7-18/h1-9,12-13,19-20H,10-11,14-17H2/t19-,20-/m1/s1. The van der Waals surface area contributed by atoms with Gasteiger partial charge in [-0.05, 0) is 36.5 Å². The quantitative estimate of drug-likeness (QED) is 0.699. The lowest BCUT2D eigenvalue weighted by Gasteiger charge is -2.36. The summed E-state index contributed by atoms with van der Waals surface area (Å²) in [6.45, 7) is 3.73. The lowest BCUT2D eigenvalue weighted by Crippen LogP contribution is -2.43. The smallest absolute Gasteiger partial charge is 0.254 e. The van der Waals surface area contributed by atoms with Crippen molar-refractivity contribution in [3.63, 3.8) is 0 Å². The Kier molecular flexibility index (Phi) is 4.57. The van der Waals surface area contributed by atoms with Crippen molar-refractivity contribution in [1.82, 2.24) is 14.8 Å². The van der Waals surface area contributed by atoms with Crippen molar-refractivity contribution >= 4 is 16.8 Å². The SMILES string of the molecule is O=C(c1ccnc2ccccc12)N1C[C@@H]2CC[C@H](C1)N(Cc1ccccc1)C2. The summed E-state index contributed by atoms with van der Waals surface area (Å²) in [7, 11) is 0. The van der Waals surface area contributed by atoms with Crippen LogP contribution in [0.1, 0.15) is 28.8 Å². The molecule has 2 atom stereocenters. The van der Waals surface area contributed by atoms with E-state index in [0.717, 1.165) is 42.6 Å². The van der Waals surface area contributed by atoms with E-state index in [4.69, 9.17) is 0 Å². The second kappa shape index (κ2) is 7.36. The van der Waals surface area contributed by atoms with E-state index in [9.17, 15) is 4.79 Å². The first-order valence-corrected chi connectivity index (χ1v) is 10.2. The molecule has 0 saturated carbocycles. The number of hydrogen-bond acceptors (Lipinski definition) is 3. The number of para-hydroxylation sites is 1. The molecule has 0 radical (unpaired) electrons. The minimum Gasteiger partial charge on any atom is -0.337 e. The zero-order chi connectivity index (χ0) is 18.9. The molecule has 0 aliphatic carbocycles. The van der Waals surface area contributed by atoms with Gasteiger partial charge in [-0.25, -0.2) is 0 Å².